The molecule has 0 amide bonds. The molecule has 2 atom stereocenters. The second-order valence-corrected chi connectivity index (χ2v) is 4.86. The second kappa shape index (κ2) is 7.51. The third-order valence-corrected chi connectivity index (χ3v) is 3.82. The minimum Gasteiger partial charge on any atom is -0.396 e. The van der Waals surface area contributed by atoms with Crippen molar-refractivity contribution >= 4 is 11.8 Å². The molecule has 0 aromatic carbocycles. The van der Waals surface area contributed by atoms with E-state index in [4.69, 9.17) is 9.84 Å². The molecule has 3 nitrogen and oxygen atoms in total. The highest BCUT2D eigenvalue weighted by molar-refractivity contribution is 8.00. The van der Waals surface area contributed by atoms with Crippen molar-refractivity contribution in [1.29, 1.82) is 0 Å². The van der Waals surface area contributed by atoms with E-state index in [2.05, 4.69) is 12.2 Å². The number of nitrogens with one attached hydrogen (secondary N) is 1. The van der Waals surface area contributed by atoms with Crippen LogP contribution in [0, 0.1) is 0 Å². The van der Waals surface area contributed by atoms with Gasteiger partial charge < -0.3 is 15.2 Å². The molecule has 4 heteroatoms. The largest absolute Gasteiger partial charge is 0.396 e. The van der Waals surface area contributed by atoms with E-state index in [0.717, 1.165) is 38.4 Å². The number of aliphatic hydroxyl groups is 1. The molecule has 84 valence electrons. The maximum Gasteiger partial charge on any atom is 0.0600 e. The molecule has 2 N–H and O–H groups in total. The van der Waals surface area contributed by atoms with Crippen molar-refractivity contribution in [3.8, 4) is 0 Å². The SMILES string of the molecule is CCNC1CCOCC1SCCCO. The van der Waals surface area contributed by atoms with Gasteiger partial charge in [0, 0.05) is 24.5 Å². The minimum atomic E-state index is 0.298. The van der Waals surface area contributed by atoms with Crippen molar-refractivity contribution in [2.75, 3.05) is 32.1 Å². The van der Waals surface area contributed by atoms with Crippen LogP contribution in [0.4, 0.5) is 0 Å². The fraction of sp³-hybridized carbons (Fsp3) is 1.00. The highest BCUT2D eigenvalue weighted by Crippen LogP contribution is 2.21. The van der Waals surface area contributed by atoms with E-state index in [1.165, 1.54) is 0 Å². The highest BCUT2D eigenvalue weighted by Gasteiger charge is 2.24. The van der Waals surface area contributed by atoms with E-state index in [0.29, 0.717) is 17.9 Å². The predicted octanol–water partition coefficient (Wildman–Crippen LogP) is 0.869. The van der Waals surface area contributed by atoms with Crippen molar-refractivity contribution in [2.24, 2.45) is 0 Å². The Balaban J connectivity index is 2.22. The van der Waals surface area contributed by atoms with Gasteiger partial charge in [-0.05, 0) is 25.1 Å². The molecule has 14 heavy (non-hydrogen) atoms. The molecule has 0 bridgehead atoms. The molecule has 1 heterocycles. The summed E-state index contributed by atoms with van der Waals surface area (Å²) in [7, 11) is 0. The van der Waals surface area contributed by atoms with E-state index < -0.39 is 0 Å². The summed E-state index contributed by atoms with van der Waals surface area (Å²) in [4.78, 5) is 0. The van der Waals surface area contributed by atoms with Crippen LogP contribution in [0.2, 0.25) is 0 Å². The molecule has 0 saturated carbocycles. The first-order chi connectivity index (χ1) is 6.88. The number of ether oxygens (including phenoxy) is 1. The lowest BCUT2D eigenvalue weighted by atomic mass is 10.1. The zero-order valence-electron chi connectivity index (χ0n) is 8.87. The molecule has 1 fully saturated rings. The van der Waals surface area contributed by atoms with E-state index in [-0.39, 0.29) is 0 Å². The fourth-order valence-electron chi connectivity index (χ4n) is 1.67. The van der Waals surface area contributed by atoms with Crippen molar-refractivity contribution in [2.45, 2.75) is 31.1 Å². The molecule has 0 radical (unpaired) electrons. The van der Waals surface area contributed by atoms with Gasteiger partial charge in [0.05, 0.1) is 6.61 Å². The Labute approximate surface area is 90.6 Å². The first kappa shape index (κ1) is 12.3. The van der Waals surface area contributed by atoms with Crippen molar-refractivity contribution in [3.63, 3.8) is 0 Å². The quantitative estimate of drug-likeness (QED) is 0.650. The van der Waals surface area contributed by atoms with Gasteiger partial charge in [0.25, 0.3) is 0 Å². The normalized spacial score (nSPS) is 27.9. The Morgan fingerprint density at radius 1 is 1.57 bits per heavy atom. The molecule has 1 aliphatic heterocycles. The summed E-state index contributed by atoms with van der Waals surface area (Å²) in [6.07, 6.45) is 2.00. The van der Waals surface area contributed by atoms with Crippen molar-refractivity contribution in [3.05, 3.63) is 0 Å². The molecule has 0 spiro atoms. The third kappa shape index (κ3) is 4.17. The monoisotopic (exact) mass is 219 g/mol. The van der Waals surface area contributed by atoms with Crippen LogP contribution in [0.5, 0.6) is 0 Å². The maximum atomic E-state index is 8.70. The van der Waals surface area contributed by atoms with Gasteiger partial charge in [0.2, 0.25) is 0 Å². The average molecular weight is 219 g/mol. The van der Waals surface area contributed by atoms with Crippen LogP contribution in [-0.4, -0.2) is 48.5 Å². The molecule has 0 aromatic heterocycles. The number of aliphatic hydroxyl groups excluding tert-OH is 1. The summed E-state index contributed by atoms with van der Waals surface area (Å²) >= 11 is 1.92. The van der Waals surface area contributed by atoms with Gasteiger partial charge in [-0.15, -0.1) is 0 Å². The van der Waals surface area contributed by atoms with E-state index in [1.54, 1.807) is 0 Å². The lowest BCUT2D eigenvalue weighted by Crippen LogP contribution is -2.44. The van der Waals surface area contributed by atoms with Crippen LogP contribution in [-0.2, 0) is 4.74 Å². The van der Waals surface area contributed by atoms with Crippen LogP contribution in [0.15, 0.2) is 0 Å². The van der Waals surface area contributed by atoms with Gasteiger partial charge in [-0.2, -0.15) is 11.8 Å². The summed E-state index contributed by atoms with van der Waals surface area (Å²) in [5.41, 5.74) is 0. The van der Waals surface area contributed by atoms with Crippen molar-refractivity contribution in [1.82, 2.24) is 5.32 Å². The molecule has 2 unspecified atom stereocenters. The Bertz CT molecular complexity index is 144. The van der Waals surface area contributed by atoms with E-state index in [1.807, 2.05) is 11.8 Å². The average Bonchev–Trinajstić information content (AvgIpc) is 2.21. The second-order valence-electron chi connectivity index (χ2n) is 3.51. The standard InChI is InChI=1S/C10H21NO2S/c1-2-11-9-4-6-13-8-10(9)14-7-3-5-12/h9-12H,2-8H2,1H3. The molecule has 0 aliphatic carbocycles. The van der Waals surface area contributed by atoms with Gasteiger partial charge in [-0.1, -0.05) is 6.92 Å². The maximum absolute atomic E-state index is 8.70. The zero-order chi connectivity index (χ0) is 10.2. The van der Waals surface area contributed by atoms with Gasteiger partial charge in [-0.3, -0.25) is 0 Å². The summed E-state index contributed by atoms with van der Waals surface area (Å²) in [6.45, 7) is 5.21. The molecular weight excluding hydrogens is 198 g/mol. The summed E-state index contributed by atoms with van der Waals surface area (Å²) in [5.74, 6) is 1.03. The Morgan fingerprint density at radius 2 is 2.43 bits per heavy atom. The Kier molecular flexibility index (Phi) is 6.60. The molecule has 1 aliphatic rings. The molecule has 1 saturated heterocycles. The summed E-state index contributed by atoms with van der Waals surface area (Å²) < 4.78 is 5.47. The van der Waals surface area contributed by atoms with Gasteiger partial charge in [-0.25, -0.2) is 0 Å². The lowest BCUT2D eigenvalue weighted by Gasteiger charge is -2.31. The first-order valence-corrected chi connectivity index (χ1v) is 6.47. The third-order valence-electron chi connectivity index (χ3n) is 2.40. The molecule has 0 aromatic rings. The smallest absolute Gasteiger partial charge is 0.0600 e. The Morgan fingerprint density at radius 3 is 3.14 bits per heavy atom. The number of hydrogen-bond acceptors (Lipinski definition) is 4. The first-order valence-electron chi connectivity index (χ1n) is 5.42. The number of rotatable bonds is 6. The van der Waals surface area contributed by atoms with Crippen LogP contribution in [0.1, 0.15) is 19.8 Å². The van der Waals surface area contributed by atoms with E-state index >= 15 is 0 Å². The van der Waals surface area contributed by atoms with Gasteiger partial charge in [0.15, 0.2) is 0 Å². The van der Waals surface area contributed by atoms with Gasteiger partial charge in [0.1, 0.15) is 0 Å². The van der Waals surface area contributed by atoms with Crippen LogP contribution < -0.4 is 5.32 Å². The zero-order valence-corrected chi connectivity index (χ0v) is 9.68. The van der Waals surface area contributed by atoms with Crippen molar-refractivity contribution < 1.29 is 9.84 Å². The minimum absolute atomic E-state index is 0.298. The van der Waals surface area contributed by atoms with Crippen LogP contribution in [0.25, 0.3) is 0 Å². The topological polar surface area (TPSA) is 41.5 Å². The lowest BCUT2D eigenvalue weighted by molar-refractivity contribution is 0.0837. The number of thioether (sulfide) groups is 1. The molecular formula is C10H21NO2S. The van der Waals surface area contributed by atoms with Crippen LogP contribution >= 0.6 is 11.8 Å². The summed E-state index contributed by atoms with van der Waals surface area (Å²) in [6, 6.07) is 0.595. The van der Waals surface area contributed by atoms with Crippen LogP contribution in [0.3, 0.4) is 0 Å². The van der Waals surface area contributed by atoms with Gasteiger partial charge >= 0.3 is 0 Å². The predicted molar refractivity (Wildman–Crippen MR) is 60.8 cm³/mol. The van der Waals surface area contributed by atoms with E-state index in [9.17, 15) is 0 Å². The fourth-order valence-corrected chi connectivity index (χ4v) is 2.93. The Hall–Kier alpha value is 0.230. The number of hydrogen-bond donors (Lipinski definition) is 2. The molecule has 1 rings (SSSR count). The summed E-state index contributed by atoms with van der Waals surface area (Å²) in [5, 5.41) is 12.8. The highest BCUT2D eigenvalue weighted by atomic mass is 32.2.